The van der Waals surface area contributed by atoms with Gasteiger partial charge in [0, 0.05) is 29.9 Å². The van der Waals surface area contributed by atoms with E-state index in [-0.39, 0.29) is 5.91 Å². The van der Waals surface area contributed by atoms with Crippen molar-refractivity contribution in [2.75, 3.05) is 20.8 Å². The van der Waals surface area contributed by atoms with Crippen LogP contribution in [0.25, 0.3) is 16.9 Å². The first-order valence-corrected chi connectivity index (χ1v) is 9.27. The maximum atomic E-state index is 13.0. The lowest BCUT2D eigenvalue weighted by molar-refractivity contribution is 0.0946. The summed E-state index contributed by atoms with van der Waals surface area (Å²) in [5.74, 6) is 0.971. The lowest BCUT2D eigenvalue weighted by atomic mass is 10.0. The minimum absolute atomic E-state index is 0.251. The smallest absolute Gasteiger partial charge is 0.255 e. The number of para-hydroxylation sites is 1. The van der Waals surface area contributed by atoms with Gasteiger partial charge in [0.2, 0.25) is 0 Å². The topological polar surface area (TPSA) is 91.4 Å². The predicted molar refractivity (Wildman–Crippen MR) is 113 cm³/mol. The van der Waals surface area contributed by atoms with Gasteiger partial charge in [0.15, 0.2) is 0 Å². The van der Waals surface area contributed by atoms with Crippen LogP contribution in [0.3, 0.4) is 0 Å². The minimum atomic E-state index is -0.525. The lowest BCUT2D eigenvalue weighted by Crippen LogP contribution is -2.45. The van der Waals surface area contributed by atoms with Crippen molar-refractivity contribution in [3.05, 3.63) is 60.3 Å². The number of benzene rings is 2. The summed E-state index contributed by atoms with van der Waals surface area (Å²) in [6.07, 6.45) is 1.72. The highest BCUT2D eigenvalue weighted by atomic mass is 16.5. The van der Waals surface area contributed by atoms with Crippen LogP contribution >= 0.6 is 0 Å². The van der Waals surface area contributed by atoms with Gasteiger partial charge < -0.3 is 20.5 Å². The standard InChI is InChI=1S/C22H26N4O3/c1-22(2,23)14-24-21(27)18-13-26(15-8-6-5-7-9-15)25-20(18)17-11-10-16(28-3)12-19(17)29-4/h5-13H,14,23H2,1-4H3,(H,24,27). The Morgan fingerprint density at radius 1 is 1.14 bits per heavy atom. The van der Waals surface area contributed by atoms with E-state index in [1.165, 1.54) is 0 Å². The molecule has 0 spiro atoms. The molecular weight excluding hydrogens is 368 g/mol. The Hall–Kier alpha value is -3.32. The molecule has 2 aromatic carbocycles. The summed E-state index contributed by atoms with van der Waals surface area (Å²) >= 11 is 0. The number of nitrogens with two attached hydrogens (primary N) is 1. The number of rotatable bonds is 7. The average Bonchev–Trinajstić information content (AvgIpc) is 3.17. The van der Waals surface area contributed by atoms with Crippen molar-refractivity contribution in [1.29, 1.82) is 0 Å². The molecule has 1 aromatic heterocycles. The van der Waals surface area contributed by atoms with Gasteiger partial charge in [0.25, 0.3) is 5.91 Å². The second kappa shape index (κ2) is 8.36. The number of hydrogen-bond acceptors (Lipinski definition) is 5. The number of carbonyl (C=O) groups is 1. The van der Waals surface area contributed by atoms with E-state index in [4.69, 9.17) is 15.2 Å². The first-order chi connectivity index (χ1) is 13.8. The predicted octanol–water partition coefficient (Wildman–Crippen LogP) is 3.02. The van der Waals surface area contributed by atoms with Gasteiger partial charge in [0.05, 0.1) is 25.5 Å². The Balaban J connectivity index is 2.09. The van der Waals surface area contributed by atoms with Crippen molar-refractivity contribution >= 4 is 5.91 Å². The van der Waals surface area contributed by atoms with Crippen LogP contribution in [0.2, 0.25) is 0 Å². The van der Waals surface area contributed by atoms with Crippen molar-refractivity contribution in [2.45, 2.75) is 19.4 Å². The number of nitrogens with one attached hydrogen (secondary N) is 1. The first kappa shape index (κ1) is 20.4. The van der Waals surface area contributed by atoms with Gasteiger partial charge in [-0.3, -0.25) is 4.79 Å². The molecule has 152 valence electrons. The third-order valence-electron chi connectivity index (χ3n) is 4.35. The number of carbonyl (C=O) groups excluding carboxylic acids is 1. The molecule has 0 atom stereocenters. The fraction of sp³-hybridized carbons (Fsp3) is 0.273. The van der Waals surface area contributed by atoms with E-state index in [0.717, 1.165) is 5.69 Å². The number of amides is 1. The molecule has 0 bridgehead atoms. The van der Waals surface area contributed by atoms with E-state index in [9.17, 15) is 4.79 Å². The van der Waals surface area contributed by atoms with Crippen molar-refractivity contribution in [3.8, 4) is 28.4 Å². The van der Waals surface area contributed by atoms with Crippen LogP contribution in [0, 0.1) is 0 Å². The number of hydrogen-bond donors (Lipinski definition) is 2. The summed E-state index contributed by atoms with van der Waals surface area (Å²) in [5, 5.41) is 7.58. The first-order valence-electron chi connectivity index (χ1n) is 9.27. The summed E-state index contributed by atoms with van der Waals surface area (Å²) in [4.78, 5) is 13.0. The normalized spacial score (nSPS) is 11.2. The molecule has 3 rings (SSSR count). The van der Waals surface area contributed by atoms with E-state index in [2.05, 4.69) is 10.4 Å². The Morgan fingerprint density at radius 3 is 2.48 bits per heavy atom. The van der Waals surface area contributed by atoms with Gasteiger partial charge in [0.1, 0.15) is 17.2 Å². The molecule has 0 saturated carbocycles. The minimum Gasteiger partial charge on any atom is -0.497 e. The summed E-state index contributed by atoms with van der Waals surface area (Å²) < 4.78 is 12.5. The monoisotopic (exact) mass is 394 g/mol. The average molecular weight is 394 g/mol. The van der Waals surface area contributed by atoms with Gasteiger partial charge in [-0.25, -0.2) is 4.68 Å². The molecule has 0 fully saturated rings. The van der Waals surface area contributed by atoms with Crippen molar-refractivity contribution in [1.82, 2.24) is 15.1 Å². The zero-order valence-corrected chi connectivity index (χ0v) is 17.1. The Kier molecular flexibility index (Phi) is 5.89. The summed E-state index contributed by atoms with van der Waals surface area (Å²) in [7, 11) is 3.16. The SMILES string of the molecule is COc1ccc(-c2nn(-c3ccccc3)cc2C(=O)NCC(C)(C)N)c(OC)c1. The van der Waals surface area contributed by atoms with Crippen molar-refractivity contribution < 1.29 is 14.3 Å². The largest absolute Gasteiger partial charge is 0.497 e. The summed E-state index contributed by atoms with van der Waals surface area (Å²) in [5.41, 5.74) is 7.98. The molecule has 0 radical (unpaired) electrons. The molecule has 0 unspecified atom stereocenters. The van der Waals surface area contributed by atoms with E-state index < -0.39 is 5.54 Å². The second-order valence-corrected chi connectivity index (χ2v) is 7.41. The molecule has 29 heavy (non-hydrogen) atoms. The maximum Gasteiger partial charge on any atom is 0.255 e. The van der Waals surface area contributed by atoms with Crippen molar-refractivity contribution in [3.63, 3.8) is 0 Å². The molecule has 0 aliphatic rings. The van der Waals surface area contributed by atoms with Crippen LogP contribution in [0.1, 0.15) is 24.2 Å². The van der Waals surface area contributed by atoms with Crippen molar-refractivity contribution in [2.24, 2.45) is 5.73 Å². The lowest BCUT2D eigenvalue weighted by Gasteiger charge is -2.18. The maximum absolute atomic E-state index is 13.0. The highest BCUT2D eigenvalue weighted by molar-refractivity contribution is 6.00. The molecule has 0 aliphatic heterocycles. The number of methoxy groups -OCH3 is 2. The van der Waals surface area contributed by atoms with Gasteiger partial charge in [-0.05, 0) is 38.1 Å². The quantitative estimate of drug-likeness (QED) is 0.643. The van der Waals surface area contributed by atoms with E-state index in [1.807, 2.05) is 56.3 Å². The van der Waals surface area contributed by atoms with Gasteiger partial charge in [-0.15, -0.1) is 0 Å². The zero-order valence-electron chi connectivity index (χ0n) is 17.1. The fourth-order valence-electron chi connectivity index (χ4n) is 2.85. The van der Waals surface area contributed by atoms with Crippen LogP contribution in [0.15, 0.2) is 54.7 Å². The van der Waals surface area contributed by atoms with Crippen LogP contribution < -0.4 is 20.5 Å². The molecule has 1 heterocycles. The molecule has 7 heteroatoms. The third kappa shape index (κ3) is 4.75. The molecule has 0 saturated heterocycles. The number of aromatic nitrogens is 2. The van der Waals surface area contributed by atoms with Gasteiger partial charge >= 0.3 is 0 Å². The summed E-state index contributed by atoms with van der Waals surface area (Å²) in [6.45, 7) is 4.05. The molecule has 1 amide bonds. The van der Waals surface area contributed by atoms with E-state index in [0.29, 0.717) is 34.9 Å². The van der Waals surface area contributed by atoms with Gasteiger partial charge in [-0.2, -0.15) is 5.10 Å². The number of nitrogens with zero attached hydrogens (tertiary/aromatic N) is 2. The van der Waals surface area contributed by atoms with Crippen LogP contribution in [-0.4, -0.2) is 42.0 Å². The Bertz CT molecular complexity index is 991. The molecule has 3 aromatic rings. The van der Waals surface area contributed by atoms with Crippen LogP contribution in [0.4, 0.5) is 0 Å². The highest BCUT2D eigenvalue weighted by Gasteiger charge is 2.23. The fourth-order valence-corrected chi connectivity index (χ4v) is 2.85. The van der Waals surface area contributed by atoms with Crippen LogP contribution in [-0.2, 0) is 0 Å². The van der Waals surface area contributed by atoms with E-state index >= 15 is 0 Å². The van der Waals surface area contributed by atoms with Gasteiger partial charge in [-0.1, -0.05) is 18.2 Å². The molecular formula is C22H26N4O3. The summed E-state index contributed by atoms with van der Waals surface area (Å²) in [6, 6.07) is 15.0. The zero-order chi connectivity index (χ0) is 21.0. The third-order valence-corrected chi connectivity index (χ3v) is 4.35. The number of ether oxygens (including phenoxy) is 2. The Labute approximate surface area is 170 Å². The molecule has 0 aliphatic carbocycles. The molecule has 3 N–H and O–H groups in total. The van der Waals surface area contributed by atoms with E-state index in [1.54, 1.807) is 31.2 Å². The second-order valence-electron chi connectivity index (χ2n) is 7.41. The molecule has 7 nitrogen and oxygen atoms in total. The highest BCUT2D eigenvalue weighted by Crippen LogP contribution is 2.34. The van der Waals surface area contributed by atoms with Crippen LogP contribution in [0.5, 0.6) is 11.5 Å². The Morgan fingerprint density at radius 2 is 1.86 bits per heavy atom.